The SMILES string of the molecule is COc1cc(/C=C/C(=O)N2CCN(c3ccc(F)cc3)CC2)ccc1O. The summed E-state index contributed by atoms with van der Waals surface area (Å²) >= 11 is 0. The van der Waals surface area contributed by atoms with Gasteiger partial charge in [0.05, 0.1) is 7.11 Å². The Kier molecular flexibility index (Phi) is 5.41. The van der Waals surface area contributed by atoms with Crippen molar-refractivity contribution in [2.75, 3.05) is 38.2 Å². The number of hydrogen-bond donors (Lipinski definition) is 1. The van der Waals surface area contributed by atoms with Crippen LogP contribution >= 0.6 is 0 Å². The first-order valence-corrected chi connectivity index (χ1v) is 8.41. The van der Waals surface area contributed by atoms with Crippen molar-refractivity contribution in [1.29, 1.82) is 0 Å². The molecule has 2 aromatic carbocycles. The molecule has 0 atom stereocenters. The summed E-state index contributed by atoms with van der Waals surface area (Å²) in [5.41, 5.74) is 1.74. The molecular weight excluding hydrogens is 335 g/mol. The Balaban J connectivity index is 1.57. The second-order valence-electron chi connectivity index (χ2n) is 6.05. The summed E-state index contributed by atoms with van der Waals surface area (Å²) in [6.45, 7) is 2.63. The number of rotatable bonds is 4. The van der Waals surface area contributed by atoms with E-state index in [2.05, 4.69) is 4.90 Å². The number of amides is 1. The summed E-state index contributed by atoms with van der Waals surface area (Å²) in [6, 6.07) is 11.3. The van der Waals surface area contributed by atoms with Crippen molar-refractivity contribution in [2.45, 2.75) is 0 Å². The van der Waals surface area contributed by atoms with Crippen LogP contribution < -0.4 is 9.64 Å². The van der Waals surface area contributed by atoms with Gasteiger partial charge in [-0.2, -0.15) is 0 Å². The molecule has 136 valence electrons. The van der Waals surface area contributed by atoms with E-state index in [9.17, 15) is 14.3 Å². The Morgan fingerprint density at radius 1 is 1.12 bits per heavy atom. The van der Waals surface area contributed by atoms with Gasteiger partial charge in [0.1, 0.15) is 5.82 Å². The Morgan fingerprint density at radius 3 is 2.46 bits per heavy atom. The number of hydrogen-bond acceptors (Lipinski definition) is 4. The normalized spacial score (nSPS) is 14.7. The van der Waals surface area contributed by atoms with Gasteiger partial charge in [-0.15, -0.1) is 0 Å². The first-order valence-electron chi connectivity index (χ1n) is 8.41. The maximum absolute atomic E-state index is 13.0. The Bertz CT molecular complexity index is 797. The van der Waals surface area contributed by atoms with Gasteiger partial charge in [-0.3, -0.25) is 4.79 Å². The fraction of sp³-hybridized carbons (Fsp3) is 0.250. The van der Waals surface area contributed by atoms with Gasteiger partial charge in [-0.1, -0.05) is 6.07 Å². The van der Waals surface area contributed by atoms with Gasteiger partial charge in [0, 0.05) is 37.9 Å². The molecule has 1 saturated heterocycles. The molecule has 6 heteroatoms. The number of phenolic OH excluding ortho intramolecular Hbond substituents is 1. The fourth-order valence-corrected chi connectivity index (χ4v) is 2.91. The summed E-state index contributed by atoms with van der Waals surface area (Å²) in [6.07, 6.45) is 3.23. The predicted molar refractivity (Wildman–Crippen MR) is 98.9 cm³/mol. The molecule has 0 radical (unpaired) electrons. The van der Waals surface area contributed by atoms with E-state index in [-0.39, 0.29) is 17.5 Å². The molecule has 0 bridgehead atoms. The number of halogens is 1. The van der Waals surface area contributed by atoms with Crippen LogP contribution in [0, 0.1) is 5.82 Å². The second-order valence-corrected chi connectivity index (χ2v) is 6.05. The zero-order chi connectivity index (χ0) is 18.5. The summed E-state index contributed by atoms with van der Waals surface area (Å²) in [4.78, 5) is 16.3. The molecule has 0 unspecified atom stereocenters. The van der Waals surface area contributed by atoms with Gasteiger partial charge < -0.3 is 19.6 Å². The molecule has 0 aliphatic carbocycles. The summed E-state index contributed by atoms with van der Waals surface area (Å²) in [5, 5.41) is 9.60. The third-order valence-electron chi connectivity index (χ3n) is 4.41. The van der Waals surface area contributed by atoms with Crippen molar-refractivity contribution < 1.29 is 19.0 Å². The smallest absolute Gasteiger partial charge is 0.246 e. The average Bonchev–Trinajstić information content (AvgIpc) is 2.68. The molecule has 1 aliphatic rings. The monoisotopic (exact) mass is 356 g/mol. The largest absolute Gasteiger partial charge is 0.504 e. The molecule has 1 N–H and O–H groups in total. The molecule has 2 aromatic rings. The van der Waals surface area contributed by atoms with Crippen LogP contribution in [0.15, 0.2) is 48.5 Å². The highest BCUT2D eigenvalue weighted by atomic mass is 19.1. The molecule has 26 heavy (non-hydrogen) atoms. The average molecular weight is 356 g/mol. The van der Waals surface area contributed by atoms with E-state index in [0.717, 1.165) is 11.3 Å². The molecule has 5 nitrogen and oxygen atoms in total. The molecule has 1 heterocycles. The van der Waals surface area contributed by atoms with E-state index in [0.29, 0.717) is 31.9 Å². The summed E-state index contributed by atoms with van der Waals surface area (Å²) in [5.74, 6) is 0.120. The van der Waals surface area contributed by atoms with E-state index < -0.39 is 0 Å². The zero-order valence-electron chi connectivity index (χ0n) is 14.6. The molecule has 0 aromatic heterocycles. The van der Waals surface area contributed by atoms with E-state index >= 15 is 0 Å². The lowest BCUT2D eigenvalue weighted by atomic mass is 10.2. The number of benzene rings is 2. The van der Waals surface area contributed by atoms with E-state index in [4.69, 9.17) is 4.74 Å². The number of nitrogens with zero attached hydrogens (tertiary/aromatic N) is 2. The molecule has 3 rings (SSSR count). The van der Waals surface area contributed by atoms with Crippen molar-refractivity contribution in [3.05, 3.63) is 59.9 Å². The number of carbonyl (C=O) groups is 1. The lowest BCUT2D eigenvalue weighted by molar-refractivity contribution is -0.126. The van der Waals surface area contributed by atoms with Crippen LogP contribution in [0.1, 0.15) is 5.56 Å². The number of methoxy groups -OCH3 is 1. The van der Waals surface area contributed by atoms with Gasteiger partial charge >= 0.3 is 0 Å². The first kappa shape index (κ1) is 17.8. The Morgan fingerprint density at radius 2 is 1.81 bits per heavy atom. The van der Waals surface area contributed by atoms with Crippen LogP contribution in [0.4, 0.5) is 10.1 Å². The molecular formula is C20H21FN2O3. The van der Waals surface area contributed by atoms with Crippen molar-refractivity contribution in [2.24, 2.45) is 0 Å². The highest BCUT2D eigenvalue weighted by molar-refractivity contribution is 5.92. The first-order chi connectivity index (χ1) is 12.6. The third-order valence-corrected chi connectivity index (χ3v) is 4.41. The molecule has 1 amide bonds. The van der Waals surface area contributed by atoms with Crippen LogP contribution in [-0.4, -0.2) is 49.2 Å². The maximum atomic E-state index is 13.0. The van der Waals surface area contributed by atoms with Gasteiger partial charge in [0.25, 0.3) is 0 Å². The minimum Gasteiger partial charge on any atom is -0.504 e. The Labute approximate surface area is 151 Å². The standard InChI is InChI=1S/C20H21FN2O3/c1-26-19-14-15(2-8-18(19)24)3-9-20(25)23-12-10-22(11-13-23)17-6-4-16(21)5-7-17/h2-9,14,24H,10-13H2,1H3/b9-3+. The molecule has 1 fully saturated rings. The van der Waals surface area contributed by atoms with Gasteiger partial charge in [-0.25, -0.2) is 4.39 Å². The summed E-state index contributed by atoms with van der Waals surface area (Å²) in [7, 11) is 1.48. The number of aromatic hydroxyl groups is 1. The molecule has 0 saturated carbocycles. The van der Waals surface area contributed by atoms with Gasteiger partial charge in [0.15, 0.2) is 11.5 Å². The van der Waals surface area contributed by atoms with E-state index in [1.165, 1.54) is 31.4 Å². The van der Waals surface area contributed by atoms with Gasteiger partial charge in [0.2, 0.25) is 5.91 Å². The quantitative estimate of drug-likeness (QED) is 0.856. The second kappa shape index (κ2) is 7.91. The maximum Gasteiger partial charge on any atom is 0.246 e. The number of piperazine rings is 1. The van der Waals surface area contributed by atoms with Crippen molar-refractivity contribution in [3.8, 4) is 11.5 Å². The van der Waals surface area contributed by atoms with Crippen LogP contribution in [0.2, 0.25) is 0 Å². The number of anilines is 1. The minimum absolute atomic E-state index is 0.0594. The zero-order valence-corrected chi connectivity index (χ0v) is 14.6. The third kappa shape index (κ3) is 4.14. The lowest BCUT2D eigenvalue weighted by Crippen LogP contribution is -2.48. The van der Waals surface area contributed by atoms with Gasteiger partial charge in [-0.05, 0) is 48.0 Å². The molecule has 0 spiro atoms. The van der Waals surface area contributed by atoms with E-state index in [1.807, 2.05) is 0 Å². The highest BCUT2D eigenvalue weighted by Gasteiger charge is 2.19. The Hall–Kier alpha value is -3.02. The minimum atomic E-state index is -0.251. The topological polar surface area (TPSA) is 53.0 Å². The lowest BCUT2D eigenvalue weighted by Gasteiger charge is -2.35. The predicted octanol–water partition coefficient (Wildman–Crippen LogP) is 2.90. The van der Waals surface area contributed by atoms with Crippen LogP contribution in [0.25, 0.3) is 6.08 Å². The highest BCUT2D eigenvalue weighted by Crippen LogP contribution is 2.26. The van der Waals surface area contributed by atoms with Crippen molar-refractivity contribution >= 4 is 17.7 Å². The van der Waals surface area contributed by atoms with Crippen molar-refractivity contribution in [3.63, 3.8) is 0 Å². The van der Waals surface area contributed by atoms with Crippen molar-refractivity contribution in [1.82, 2.24) is 4.90 Å². The van der Waals surface area contributed by atoms with Crippen LogP contribution in [0.5, 0.6) is 11.5 Å². The summed E-state index contributed by atoms with van der Waals surface area (Å²) < 4.78 is 18.1. The number of phenols is 1. The molecule has 1 aliphatic heterocycles. The number of ether oxygens (including phenoxy) is 1. The van der Waals surface area contributed by atoms with Crippen LogP contribution in [-0.2, 0) is 4.79 Å². The number of carbonyl (C=O) groups excluding carboxylic acids is 1. The van der Waals surface area contributed by atoms with Crippen LogP contribution in [0.3, 0.4) is 0 Å². The fourth-order valence-electron chi connectivity index (χ4n) is 2.91. The van der Waals surface area contributed by atoms with E-state index in [1.54, 1.807) is 35.2 Å².